The molecule has 0 aliphatic heterocycles. The maximum absolute atomic E-state index is 13.3. The highest BCUT2D eigenvalue weighted by Gasteiger charge is 2.60. The van der Waals surface area contributed by atoms with Crippen LogP contribution in [-0.2, 0) is 4.79 Å². The second kappa shape index (κ2) is 6.33. The minimum Gasteiger partial charge on any atom is -0.380 e. The summed E-state index contributed by atoms with van der Waals surface area (Å²) in [6.07, 6.45) is 2.97. The van der Waals surface area contributed by atoms with Gasteiger partial charge < -0.3 is 5.11 Å². The van der Waals surface area contributed by atoms with E-state index in [4.69, 9.17) is 0 Å². The number of carbonyl (C=O) groups excluding carboxylic acids is 1. The van der Waals surface area contributed by atoms with E-state index in [0.717, 1.165) is 37.7 Å². The Kier molecular flexibility index (Phi) is 4.57. The van der Waals surface area contributed by atoms with E-state index in [9.17, 15) is 23.1 Å². The van der Waals surface area contributed by atoms with Crippen LogP contribution in [0.25, 0.3) is 0 Å². The molecule has 7 atom stereocenters. The maximum Gasteiger partial charge on any atom is 0.417 e. The summed E-state index contributed by atoms with van der Waals surface area (Å²) in [5.74, 6) is 2.18. The second-order valence-corrected chi connectivity index (χ2v) is 9.79. The van der Waals surface area contributed by atoms with Crippen LogP contribution in [0.4, 0.5) is 13.2 Å². The molecule has 0 unspecified atom stereocenters. The van der Waals surface area contributed by atoms with Gasteiger partial charge in [0.2, 0.25) is 0 Å². The topological polar surface area (TPSA) is 37.3 Å². The van der Waals surface area contributed by atoms with Gasteiger partial charge in [-0.05, 0) is 74.0 Å². The average Bonchev–Trinajstić information content (AvgIpc) is 2.97. The van der Waals surface area contributed by atoms with E-state index in [0.29, 0.717) is 36.4 Å². The van der Waals surface area contributed by atoms with Crippen LogP contribution in [0.3, 0.4) is 0 Å². The van der Waals surface area contributed by atoms with Crippen LogP contribution in [-0.4, -0.2) is 22.7 Å². The third-order valence-corrected chi connectivity index (χ3v) is 8.77. The Balaban J connectivity index is 1.57. The molecule has 4 aliphatic carbocycles. The van der Waals surface area contributed by atoms with Gasteiger partial charge in [0.1, 0.15) is 5.78 Å². The largest absolute Gasteiger partial charge is 0.417 e. The third kappa shape index (κ3) is 2.82. The van der Waals surface area contributed by atoms with Gasteiger partial charge in [-0.1, -0.05) is 25.5 Å². The minimum atomic E-state index is -4.56. The standard InChI is InChI=1S/C22H31F3O2/c1-3-19(26)18-7-6-17-16-5-4-13-12-21(27,22(23,24)25)11-9-14(13)15(16)8-10-20(17,18)2/h4,14-18,27H,3,5-12H2,1-2H3/t14-,15+,16+,17-,18+,20-,21+/m0/s1. The van der Waals surface area contributed by atoms with E-state index >= 15 is 0 Å². The van der Waals surface area contributed by atoms with Crippen LogP contribution in [0, 0.1) is 35.0 Å². The molecule has 0 bridgehead atoms. The van der Waals surface area contributed by atoms with E-state index in [2.05, 4.69) is 6.92 Å². The summed E-state index contributed by atoms with van der Waals surface area (Å²) in [6.45, 7) is 4.24. The number of fused-ring (bicyclic) bond motifs is 5. The number of hydrogen-bond acceptors (Lipinski definition) is 2. The van der Waals surface area contributed by atoms with Crippen molar-refractivity contribution in [3.05, 3.63) is 11.6 Å². The first-order valence-electron chi connectivity index (χ1n) is 10.6. The fourth-order valence-corrected chi connectivity index (χ4v) is 7.31. The molecule has 0 spiro atoms. The highest BCUT2D eigenvalue weighted by atomic mass is 19.4. The van der Waals surface area contributed by atoms with Crippen LogP contribution < -0.4 is 0 Å². The fraction of sp³-hybridized carbons (Fsp3) is 0.864. The third-order valence-electron chi connectivity index (χ3n) is 8.77. The highest BCUT2D eigenvalue weighted by molar-refractivity contribution is 5.82. The van der Waals surface area contributed by atoms with Crippen LogP contribution in [0.2, 0.25) is 0 Å². The van der Waals surface area contributed by atoms with Gasteiger partial charge in [-0.2, -0.15) is 13.2 Å². The molecule has 3 saturated carbocycles. The molecule has 152 valence electrons. The molecule has 2 nitrogen and oxygen atoms in total. The van der Waals surface area contributed by atoms with Crippen molar-refractivity contribution in [1.82, 2.24) is 0 Å². The lowest BCUT2D eigenvalue weighted by atomic mass is 9.51. The number of Topliss-reactive ketones (excluding diaryl/α,β-unsaturated/α-hetero) is 1. The lowest BCUT2D eigenvalue weighted by Crippen LogP contribution is -2.52. The zero-order chi connectivity index (χ0) is 19.6. The molecular formula is C22H31F3O2. The molecule has 5 heteroatoms. The van der Waals surface area contributed by atoms with Gasteiger partial charge >= 0.3 is 6.18 Å². The van der Waals surface area contributed by atoms with Gasteiger partial charge in [-0.25, -0.2) is 0 Å². The van der Waals surface area contributed by atoms with Crippen molar-refractivity contribution in [2.45, 2.75) is 83.4 Å². The van der Waals surface area contributed by atoms with Crippen LogP contribution in [0.1, 0.15) is 71.6 Å². The number of hydrogen-bond donors (Lipinski definition) is 1. The number of allylic oxidation sites excluding steroid dienone is 1. The molecule has 0 aromatic heterocycles. The van der Waals surface area contributed by atoms with Crippen molar-refractivity contribution in [1.29, 1.82) is 0 Å². The monoisotopic (exact) mass is 384 g/mol. The number of aliphatic hydroxyl groups is 1. The lowest BCUT2D eigenvalue weighted by molar-refractivity contribution is -0.268. The molecule has 1 N–H and O–H groups in total. The predicted molar refractivity (Wildman–Crippen MR) is 96.9 cm³/mol. The van der Waals surface area contributed by atoms with Crippen molar-refractivity contribution in [3.63, 3.8) is 0 Å². The quantitative estimate of drug-likeness (QED) is 0.643. The Morgan fingerprint density at radius 2 is 1.93 bits per heavy atom. The summed E-state index contributed by atoms with van der Waals surface area (Å²) in [6, 6.07) is 0. The SMILES string of the molecule is CCC(=O)[C@H]1CC[C@H]2[C@@H]3CC=C4C[C@@](O)(C(F)(F)F)CC[C@@H]4[C@H]3CC[C@]12C. The Labute approximate surface area is 159 Å². The molecule has 4 rings (SSSR count). The first-order valence-corrected chi connectivity index (χ1v) is 10.6. The lowest BCUT2D eigenvalue weighted by Gasteiger charge is -2.54. The van der Waals surface area contributed by atoms with Crippen LogP contribution >= 0.6 is 0 Å². The minimum absolute atomic E-state index is 0.0704. The fourth-order valence-electron chi connectivity index (χ4n) is 7.31. The van der Waals surface area contributed by atoms with Gasteiger partial charge in [0.25, 0.3) is 0 Å². The molecule has 0 amide bonds. The molecule has 27 heavy (non-hydrogen) atoms. The van der Waals surface area contributed by atoms with E-state index in [1.54, 1.807) is 0 Å². The molecule has 0 aromatic carbocycles. The molecule has 0 aromatic rings. The molecule has 0 saturated heterocycles. The van der Waals surface area contributed by atoms with E-state index < -0.39 is 11.8 Å². The predicted octanol–water partition coefficient (Wildman–Crippen LogP) is 5.45. The van der Waals surface area contributed by atoms with Crippen molar-refractivity contribution >= 4 is 5.78 Å². The maximum atomic E-state index is 13.3. The summed E-state index contributed by atoms with van der Waals surface area (Å²) < 4.78 is 39.9. The van der Waals surface area contributed by atoms with Gasteiger partial charge in [-0.15, -0.1) is 0 Å². The number of rotatable bonds is 2. The smallest absolute Gasteiger partial charge is 0.380 e. The van der Waals surface area contributed by atoms with Crippen molar-refractivity contribution < 1.29 is 23.1 Å². The van der Waals surface area contributed by atoms with Gasteiger partial charge in [0.15, 0.2) is 5.60 Å². The highest BCUT2D eigenvalue weighted by Crippen LogP contribution is 2.64. The van der Waals surface area contributed by atoms with Gasteiger partial charge in [-0.3, -0.25) is 4.79 Å². The summed E-state index contributed by atoms with van der Waals surface area (Å²) in [5, 5.41) is 10.2. The molecule has 0 heterocycles. The Hall–Kier alpha value is -0.840. The summed E-state index contributed by atoms with van der Waals surface area (Å²) in [5.41, 5.74) is -1.64. The second-order valence-electron chi connectivity index (χ2n) is 9.79. The average molecular weight is 384 g/mol. The zero-order valence-corrected chi connectivity index (χ0v) is 16.3. The van der Waals surface area contributed by atoms with E-state index in [1.165, 1.54) is 0 Å². The first-order chi connectivity index (χ1) is 12.6. The number of halogens is 3. The summed E-state index contributed by atoms with van der Waals surface area (Å²) in [7, 11) is 0. The Bertz CT molecular complexity index is 654. The van der Waals surface area contributed by atoms with E-state index in [-0.39, 0.29) is 30.1 Å². The normalized spacial score (nSPS) is 46.9. The zero-order valence-electron chi connectivity index (χ0n) is 16.3. The van der Waals surface area contributed by atoms with Crippen LogP contribution in [0.15, 0.2) is 11.6 Å². The molecule has 0 radical (unpaired) electrons. The summed E-state index contributed by atoms with van der Waals surface area (Å²) >= 11 is 0. The Morgan fingerprint density at radius 3 is 2.59 bits per heavy atom. The first kappa shape index (κ1) is 19.5. The van der Waals surface area contributed by atoms with Crippen LogP contribution in [0.5, 0.6) is 0 Å². The summed E-state index contributed by atoms with van der Waals surface area (Å²) in [4.78, 5) is 12.5. The number of ketones is 1. The number of carbonyl (C=O) groups is 1. The van der Waals surface area contributed by atoms with Crippen molar-refractivity contribution in [3.8, 4) is 0 Å². The number of alkyl halides is 3. The van der Waals surface area contributed by atoms with Crippen molar-refractivity contribution in [2.24, 2.45) is 35.0 Å². The molecule has 4 aliphatic rings. The van der Waals surface area contributed by atoms with Gasteiger partial charge in [0.05, 0.1) is 0 Å². The van der Waals surface area contributed by atoms with Gasteiger partial charge in [0, 0.05) is 18.8 Å². The van der Waals surface area contributed by atoms with E-state index in [1.807, 2.05) is 13.0 Å². The Morgan fingerprint density at radius 1 is 1.19 bits per heavy atom. The molecular weight excluding hydrogens is 353 g/mol. The van der Waals surface area contributed by atoms with Crippen molar-refractivity contribution in [2.75, 3.05) is 0 Å². The molecule has 3 fully saturated rings.